The second-order valence-corrected chi connectivity index (χ2v) is 2.58. The number of phenolic OH excluding ortho intramolecular Hbond substituents is 1. The van der Waals surface area contributed by atoms with Crippen molar-refractivity contribution in [1.82, 2.24) is 0 Å². The zero-order valence-corrected chi connectivity index (χ0v) is 6.99. The van der Waals surface area contributed by atoms with Crippen molar-refractivity contribution in [1.29, 1.82) is 0 Å². The maximum atomic E-state index is 9.30. The largest absolute Gasteiger partial charge is 0.508 e. The van der Waals surface area contributed by atoms with Crippen LogP contribution in [0.1, 0.15) is 11.1 Å². The summed E-state index contributed by atoms with van der Waals surface area (Å²) >= 11 is 0. The minimum absolute atomic E-state index is 0.0229. The molecule has 1 aromatic rings. The summed E-state index contributed by atoms with van der Waals surface area (Å²) in [7, 11) is 0. The van der Waals surface area contributed by atoms with E-state index in [-0.39, 0.29) is 12.4 Å². The molecule has 0 aliphatic carbocycles. The van der Waals surface area contributed by atoms with Gasteiger partial charge in [-0.05, 0) is 24.1 Å². The van der Waals surface area contributed by atoms with Gasteiger partial charge in [-0.15, -0.1) is 0 Å². The fourth-order valence-electron chi connectivity index (χ4n) is 1.00. The van der Waals surface area contributed by atoms with E-state index in [0.29, 0.717) is 0 Å². The number of aliphatic hydroxyl groups is 1. The van der Waals surface area contributed by atoms with E-state index in [1.807, 2.05) is 13.0 Å². The maximum absolute atomic E-state index is 9.30. The Bertz CT molecular complexity index is 290. The molecule has 0 aliphatic heterocycles. The number of hydrogen-bond donors (Lipinski definition) is 2. The molecule has 0 atom stereocenters. The quantitative estimate of drug-likeness (QED) is 0.698. The van der Waals surface area contributed by atoms with Crippen LogP contribution in [0.25, 0.3) is 6.08 Å². The molecule has 2 heteroatoms. The minimum Gasteiger partial charge on any atom is -0.508 e. The van der Waals surface area contributed by atoms with Gasteiger partial charge in [-0.2, -0.15) is 0 Å². The zero-order valence-electron chi connectivity index (χ0n) is 6.99. The average molecular weight is 164 g/mol. The molecule has 2 nitrogen and oxygen atoms in total. The Hall–Kier alpha value is -1.28. The van der Waals surface area contributed by atoms with Gasteiger partial charge in [0.1, 0.15) is 5.75 Å². The lowest BCUT2D eigenvalue weighted by molar-refractivity contribution is 0.343. The van der Waals surface area contributed by atoms with Crippen LogP contribution in [0.3, 0.4) is 0 Å². The zero-order chi connectivity index (χ0) is 8.97. The van der Waals surface area contributed by atoms with Gasteiger partial charge in [-0.3, -0.25) is 0 Å². The van der Waals surface area contributed by atoms with E-state index < -0.39 is 0 Å². The summed E-state index contributed by atoms with van der Waals surface area (Å²) in [6.45, 7) is 1.86. The number of phenols is 1. The van der Waals surface area contributed by atoms with Crippen LogP contribution in [0.4, 0.5) is 0 Å². The highest BCUT2D eigenvalue weighted by Gasteiger charge is 1.97. The predicted molar refractivity (Wildman–Crippen MR) is 49.0 cm³/mol. The molecular formula is C10H12O2. The lowest BCUT2D eigenvalue weighted by atomic mass is 10.1. The molecule has 1 rings (SSSR count). The van der Waals surface area contributed by atoms with Gasteiger partial charge in [0.15, 0.2) is 0 Å². The summed E-state index contributed by atoms with van der Waals surface area (Å²) in [4.78, 5) is 0. The Labute approximate surface area is 71.8 Å². The second kappa shape index (κ2) is 3.93. The van der Waals surface area contributed by atoms with Crippen molar-refractivity contribution in [2.24, 2.45) is 0 Å². The van der Waals surface area contributed by atoms with Crippen LogP contribution in [0.15, 0.2) is 24.3 Å². The molecule has 64 valence electrons. The van der Waals surface area contributed by atoms with Gasteiger partial charge in [0.25, 0.3) is 0 Å². The standard InChI is InChI=1S/C10H12O2/c1-8-9(5-3-7-11)4-2-6-10(8)12/h2-6,11-12H,7H2,1H3. The van der Waals surface area contributed by atoms with Crippen LogP contribution in [0.2, 0.25) is 0 Å². The molecule has 0 amide bonds. The second-order valence-electron chi connectivity index (χ2n) is 2.58. The summed E-state index contributed by atoms with van der Waals surface area (Å²) in [6.07, 6.45) is 3.43. The topological polar surface area (TPSA) is 40.5 Å². The summed E-state index contributed by atoms with van der Waals surface area (Å²) in [5.74, 6) is 0.287. The first-order valence-corrected chi connectivity index (χ1v) is 3.81. The number of rotatable bonds is 2. The van der Waals surface area contributed by atoms with Crippen molar-refractivity contribution in [2.75, 3.05) is 6.61 Å². The van der Waals surface area contributed by atoms with Crippen molar-refractivity contribution >= 4 is 6.08 Å². The number of aliphatic hydroxyl groups excluding tert-OH is 1. The van der Waals surface area contributed by atoms with Gasteiger partial charge in [-0.1, -0.05) is 24.3 Å². The summed E-state index contributed by atoms with van der Waals surface area (Å²) in [5.41, 5.74) is 1.77. The highest BCUT2D eigenvalue weighted by molar-refractivity contribution is 5.57. The van der Waals surface area contributed by atoms with Crippen LogP contribution in [0.5, 0.6) is 5.75 Å². The molecule has 0 aliphatic rings. The lowest BCUT2D eigenvalue weighted by Gasteiger charge is -2.01. The van der Waals surface area contributed by atoms with Crippen molar-refractivity contribution in [3.8, 4) is 5.75 Å². The molecule has 0 unspecified atom stereocenters. The number of aromatic hydroxyl groups is 1. The SMILES string of the molecule is Cc1c(O)cccc1C=CCO. The van der Waals surface area contributed by atoms with Crippen LogP contribution in [-0.4, -0.2) is 16.8 Å². The van der Waals surface area contributed by atoms with E-state index >= 15 is 0 Å². The fraction of sp³-hybridized carbons (Fsp3) is 0.200. The monoisotopic (exact) mass is 164 g/mol. The summed E-state index contributed by atoms with van der Waals surface area (Å²) in [6, 6.07) is 5.31. The predicted octanol–water partition coefficient (Wildman–Crippen LogP) is 1.71. The van der Waals surface area contributed by atoms with E-state index in [9.17, 15) is 5.11 Å². The number of hydrogen-bond acceptors (Lipinski definition) is 2. The first-order chi connectivity index (χ1) is 5.75. The van der Waals surface area contributed by atoms with Gasteiger partial charge in [-0.25, -0.2) is 0 Å². The van der Waals surface area contributed by atoms with Gasteiger partial charge in [0.2, 0.25) is 0 Å². The first-order valence-electron chi connectivity index (χ1n) is 3.81. The molecule has 0 bridgehead atoms. The summed E-state index contributed by atoms with van der Waals surface area (Å²) < 4.78 is 0. The van der Waals surface area contributed by atoms with Crippen molar-refractivity contribution in [3.05, 3.63) is 35.4 Å². The maximum Gasteiger partial charge on any atom is 0.119 e. The molecular weight excluding hydrogens is 152 g/mol. The molecule has 0 saturated heterocycles. The van der Waals surface area contributed by atoms with Crippen molar-refractivity contribution in [2.45, 2.75) is 6.92 Å². The Morgan fingerprint density at radius 3 is 2.83 bits per heavy atom. The Balaban J connectivity index is 3.00. The van der Waals surface area contributed by atoms with Gasteiger partial charge in [0.05, 0.1) is 6.61 Å². The van der Waals surface area contributed by atoms with Crippen LogP contribution >= 0.6 is 0 Å². The molecule has 0 radical (unpaired) electrons. The van der Waals surface area contributed by atoms with Gasteiger partial charge >= 0.3 is 0 Å². The minimum atomic E-state index is 0.0229. The first kappa shape index (κ1) is 8.81. The lowest BCUT2D eigenvalue weighted by Crippen LogP contribution is -1.81. The van der Waals surface area contributed by atoms with E-state index in [1.165, 1.54) is 0 Å². The Morgan fingerprint density at radius 1 is 1.42 bits per heavy atom. The van der Waals surface area contributed by atoms with Crippen molar-refractivity contribution < 1.29 is 10.2 Å². The third-order valence-corrected chi connectivity index (χ3v) is 1.75. The molecule has 2 N–H and O–H groups in total. The summed E-state index contributed by atoms with van der Waals surface area (Å²) in [5, 5.41) is 17.8. The van der Waals surface area contributed by atoms with Gasteiger partial charge < -0.3 is 10.2 Å². The van der Waals surface area contributed by atoms with E-state index in [1.54, 1.807) is 24.3 Å². The molecule has 1 aromatic carbocycles. The Kier molecular flexibility index (Phi) is 2.88. The van der Waals surface area contributed by atoms with E-state index in [4.69, 9.17) is 5.11 Å². The van der Waals surface area contributed by atoms with Crippen molar-refractivity contribution in [3.63, 3.8) is 0 Å². The molecule has 0 aromatic heterocycles. The third kappa shape index (κ3) is 1.86. The molecule has 12 heavy (non-hydrogen) atoms. The van der Waals surface area contributed by atoms with Crippen LogP contribution in [-0.2, 0) is 0 Å². The van der Waals surface area contributed by atoms with Gasteiger partial charge in [0, 0.05) is 0 Å². The third-order valence-electron chi connectivity index (χ3n) is 1.75. The van der Waals surface area contributed by atoms with E-state index in [0.717, 1.165) is 11.1 Å². The smallest absolute Gasteiger partial charge is 0.119 e. The number of benzene rings is 1. The van der Waals surface area contributed by atoms with Crippen LogP contribution in [0, 0.1) is 6.92 Å². The average Bonchev–Trinajstić information content (AvgIpc) is 2.08. The normalized spacial score (nSPS) is 10.8. The van der Waals surface area contributed by atoms with Crippen LogP contribution < -0.4 is 0 Å². The molecule has 0 fully saturated rings. The molecule has 0 heterocycles. The van der Waals surface area contributed by atoms with E-state index in [2.05, 4.69) is 0 Å². The Morgan fingerprint density at radius 2 is 2.17 bits per heavy atom. The highest BCUT2D eigenvalue weighted by atomic mass is 16.3. The fourth-order valence-corrected chi connectivity index (χ4v) is 1.00. The molecule has 0 saturated carbocycles. The highest BCUT2D eigenvalue weighted by Crippen LogP contribution is 2.20. The molecule has 0 spiro atoms.